The second-order valence-corrected chi connectivity index (χ2v) is 10.6. The van der Waals surface area contributed by atoms with Gasteiger partial charge in [-0.3, -0.25) is 24.0 Å². The van der Waals surface area contributed by atoms with E-state index in [9.17, 15) is 29.1 Å². The summed E-state index contributed by atoms with van der Waals surface area (Å²) in [5, 5.41) is 23.1. The Bertz CT molecular complexity index is 1300. The van der Waals surface area contributed by atoms with E-state index < -0.39 is 48.2 Å². The number of hydrogen-bond donors (Lipinski definition) is 6. The van der Waals surface area contributed by atoms with Gasteiger partial charge >= 0.3 is 5.97 Å². The number of carbonyl (C=O) groups excluding carboxylic acids is 5. The molecule has 0 radical (unpaired) electrons. The van der Waals surface area contributed by atoms with Gasteiger partial charge in [-0.25, -0.2) is 4.98 Å². The first-order valence-electron chi connectivity index (χ1n) is 14.7. The lowest BCUT2D eigenvalue weighted by Gasteiger charge is -2.25. The van der Waals surface area contributed by atoms with Gasteiger partial charge in [0.1, 0.15) is 23.9 Å². The first-order chi connectivity index (χ1) is 22.1. The molecule has 17 heteroatoms. The molecule has 17 nitrogen and oxygen atoms in total. The molecule has 3 atom stereocenters. The summed E-state index contributed by atoms with van der Waals surface area (Å²) in [7, 11) is 0. The molecule has 0 aliphatic carbocycles. The summed E-state index contributed by atoms with van der Waals surface area (Å²) in [6.07, 6.45) is 3.60. The summed E-state index contributed by atoms with van der Waals surface area (Å²) in [6.45, 7) is 4.08. The van der Waals surface area contributed by atoms with E-state index in [1.807, 2.05) is 13.8 Å². The number of nitrogens with one attached hydrogen (secondary N) is 5. The van der Waals surface area contributed by atoms with Crippen LogP contribution in [0.4, 0.5) is 0 Å². The number of phenolic OH excluding ortho intramolecular Hbond substituents is 1. The molecule has 46 heavy (non-hydrogen) atoms. The summed E-state index contributed by atoms with van der Waals surface area (Å²) in [5.41, 5.74) is 9.73. The van der Waals surface area contributed by atoms with Gasteiger partial charge in [-0.15, -0.1) is 0 Å². The molecule has 0 spiro atoms. The number of carbonyl (C=O) groups is 5. The topological polar surface area (TPSA) is 250 Å². The van der Waals surface area contributed by atoms with Gasteiger partial charge in [0.2, 0.25) is 24.1 Å². The molecule has 0 saturated heterocycles. The third-order valence-electron chi connectivity index (χ3n) is 6.44. The summed E-state index contributed by atoms with van der Waals surface area (Å²) in [6, 6.07) is 2.60. The number of hydrogen-bond acceptors (Lipinski definition) is 10. The monoisotopic (exact) mass is 643 g/mol. The fourth-order valence-electron chi connectivity index (χ4n) is 4.18. The number of rotatable bonds is 22. The Morgan fingerprint density at radius 3 is 2.41 bits per heavy atom. The van der Waals surface area contributed by atoms with Gasteiger partial charge in [0, 0.05) is 42.7 Å². The fourth-order valence-corrected chi connectivity index (χ4v) is 4.18. The first kappa shape index (κ1) is 37.0. The number of H-pyrrole nitrogens is 1. The highest BCUT2D eigenvalue weighted by Crippen LogP contribution is 2.12. The number of ether oxygens (including phenoxy) is 2. The van der Waals surface area contributed by atoms with Crippen LogP contribution in [0.15, 0.2) is 41.9 Å². The SMILES string of the molecule is CC(C)C[C@@H](NC(=O)[C@H](Cc1ccc(O)cc1)NC=O)C(=O)N[C@@H](CC(=O)OCCc1cnc[nH]1)C(=O)NCCOCCN=[N+]=[N-]. The van der Waals surface area contributed by atoms with Crippen LogP contribution in [0.2, 0.25) is 0 Å². The van der Waals surface area contributed by atoms with Crippen molar-refractivity contribution in [3.8, 4) is 5.75 Å². The molecule has 6 N–H and O–H groups in total. The van der Waals surface area contributed by atoms with Crippen molar-refractivity contribution in [2.24, 2.45) is 11.0 Å². The highest BCUT2D eigenvalue weighted by atomic mass is 16.5. The second-order valence-electron chi connectivity index (χ2n) is 10.6. The minimum absolute atomic E-state index is 0.0144. The predicted octanol–water partition coefficient (Wildman–Crippen LogP) is 0.407. The smallest absolute Gasteiger partial charge is 0.308 e. The molecule has 0 aliphatic rings. The molecule has 0 unspecified atom stereocenters. The Balaban J connectivity index is 2.10. The number of phenols is 1. The molecule has 1 heterocycles. The van der Waals surface area contributed by atoms with Crippen LogP contribution < -0.4 is 21.3 Å². The van der Waals surface area contributed by atoms with Gasteiger partial charge in [0.15, 0.2) is 0 Å². The maximum atomic E-state index is 13.5. The lowest BCUT2D eigenvalue weighted by molar-refractivity contribution is -0.146. The Labute approximate surface area is 265 Å². The number of amides is 4. The molecular weight excluding hydrogens is 602 g/mol. The van der Waals surface area contributed by atoms with Crippen LogP contribution >= 0.6 is 0 Å². The molecule has 0 bridgehead atoms. The lowest BCUT2D eigenvalue weighted by atomic mass is 10.0. The molecule has 4 amide bonds. The van der Waals surface area contributed by atoms with E-state index in [0.29, 0.717) is 18.4 Å². The highest BCUT2D eigenvalue weighted by molar-refractivity contribution is 5.95. The molecule has 2 rings (SSSR count). The molecular formula is C29H41N9O8. The van der Waals surface area contributed by atoms with Crippen molar-refractivity contribution >= 4 is 30.1 Å². The Morgan fingerprint density at radius 2 is 1.76 bits per heavy atom. The van der Waals surface area contributed by atoms with Crippen molar-refractivity contribution in [3.05, 3.63) is 58.5 Å². The number of azide groups is 1. The maximum absolute atomic E-state index is 13.5. The van der Waals surface area contributed by atoms with Crippen molar-refractivity contribution < 1.29 is 38.6 Å². The maximum Gasteiger partial charge on any atom is 0.308 e. The number of esters is 1. The van der Waals surface area contributed by atoms with Crippen molar-refractivity contribution in [1.29, 1.82) is 0 Å². The van der Waals surface area contributed by atoms with E-state index in [-0.39, 0.29) is 57.4 Å². The van der Waals surface area contributed by atoms with Crippen molar-refractivity contribution in [2.75, 3.05) is 32.9 Å². The van der Waals surface area contributed by atoms with Gasteiger partial charge < -0.3 is 40.8 Å². The van der Waals surface area contributed by atoms with Crippen LogP contribution in [0.1, 0.15) is 37.9 Å². The molecule has 2 aromatic rings. The number of benzene rings is 1. The largest absolute Gasteiger partial charge is 0.508 e. The van der Waals surface area contributed by atoms with E-state index >= 15 is 0 Å². The van der Waals surface area contributed by atoms with E-state index in [2.05, 4.69) is 41.3 Å². The highest BCUT2D eigenvalue weighted by Gasteiger charge is 2.31. The summed E-state index contributed by atoms with van der Waals surface area (Å²) >= 11 is 0. The summed E-state index contributed by atoms with van der Waals surface area (Å²) in [4.78, 5) is 73.1. The number of aromatic nitrogens is 2. The molecule has 0 fully saturated rings. The van der Waals surface area contributed by atoms with E-state index in [1.54, 1.807) is 18.3 Å². The zero-order valence-corrected chi connectivity index (χ0v) is 25.8. The van der Waals surface area contributed by atoms with Crippen LogP contribution in [-0.4, -0.2) is 96.2 Å². The Hall–Kier alpha value is -5.15. The molecule has 1 aromatic heterocycles. The van der Waals surface area contributed by atoms with Gasteiger partial charge in [0.05, 0.1) is 32.6 Å². The summed E-state index contributed by atoms with van der Waals surface area (Å²) in [5.74, 6) is -2.79. The second kappa shape index (κ2) is 20.7. The van der Waals surface area contributed by atoms with Crippen LogP contribution in [0, 0.1) is 5.92 Å². The molecule has 0 aliphatic heterocycles. The normalized spacial score (nSPS) is 12.6. The number of aromatic hydroxyl groups is 1. The number of aromatic amines is 1. The molecule has 250 valence electrons. The standard InChI is InChI=1S/C29H41N9O8/c1-19(2)13-24(36-28(43)23(34-18-39)14-20-3-5-22(40)6-4-20)29(44)37-25(27(42)32-8-11-45-12-9-35-38-30)15-26(41)46-10-7-21-16-31-17-33-21/h3-6,16-19,23-25,40H,7-15H2,1-2H3,(H,31,33)(H,32,42)(H,34,39)(H,36,43)(H,37,44)/t23-,24+,25-/m0/s1. The molecule has 0 saturated carbocycles. The third-order valence-corrected chi connectivity index (χ3v) is 6.44. The van der Waals surface area contributed by atoms with Crippen LogP contribution in [-0.2, 0) is 46.3 Å². The van der Waals surface area contributed by atoms with E-state index in [1.165, 1.54) is 18.5 Å². The third kappa shape index (κ3) is 14.5. The average Bonchev–Trinajstić information content (AvgIpc) is 3.54. The van der Waals surface area contributed by atoms with Gasteiger partial charge in [-0.05, 0) is 35.6 Å². The lowest BCUT2D eigenvalue weighted by Crippen LogP contribution is -2.57. The number of nitrogens with zero attached hydrogens (tertiary/aromatic N) is 4. The zero-order chi connectivity index (χ0) is 33.7. The quantitative estimate of drug-likeness (QED) is 0.0259. The van der Waals surface area contributed by atoms with Crippen LogP contribution in [0.5, 0.6) is 5.75 Å². The zero-order valence-electron chi connectivity index (χ0n) is 25.8. The van der Waals surface area contributed by atoms with Crippen molar-refractivity contribution in [3.63, 3.8) is 0 Å². The van der Waals surface area contributed by atoms with Gasteiger partial charge in [-0.1, -0.05) is 31.1 Å². The molecule has 1 aromatic carbocycles. The minimum atomic E-state index is -1.34. The number of imidazole rings is 1. The summed E-state index contributed by atoms with van der Waals surface area (Å²) < 4.78 is 10.5. The fraction of sp³-hybridized carbons (Fsp3) is 0.517. The van der Waals surface area contributed by atoms with Gasteiger partial charge in [0.25, 0.3) is 0 Å². The average molecular weight is 644 g/mol. The van der Waals surface area contributed by atoms with E-state index in [0.717, 1.165) is 5.69 Å². The van der Waals surface area contributed by atoms with Crippen molar-refractivity contribution in [1.82, 2.24) is 31.2 Å². The first-order valence-corrected chi connectivity index (χ1v) is 14.7. The van der Waals surface area contributed by atoms with Gasteiger partial charge in [-0.2, -0.15) is 0 Å². The predicted molar refractivity (Wildman–Crippen MR) is 164 cm³/mol. The van der Waals surface area contributed by atoms with Crippen LogP contribution in [0.25, 0.3) is 10.4 Å². The van der Waals surface area contributed by atoms with Crippen LogP contribution in [0.3, 0.4) is 0 Å². The minimum Gasteiger partial charge on any atom is -0.508 e. The van der Waals surface area contributed by atoms with E-state index in [4.69, 9.17) is 15.0 Å². The Kier molecular flexibility index (Phi) is 16.7. The Morgan fingerprint density at radius 1 is 1.04 bits per heavy atom. The van der Waals surface area contributed by atoms with Crippen molar-refractivity contribution in [2.45, 2.75) is 57.7 Å².